The lowest BCUT2D eigenvalue weighted by atomic mass is 10.3. The normalized spacial score (nSPS) is 11.6. The van der Waals surface area contributed by atoms with Gasteiger partial charge in [-0.1, -0.05) is 24.9 Å². The summed E-state index contributed by atoms with van der Waals surface area (Å²) in [7, 11) is 0. The third-order valence-electron chi connectivity index (χ3n) is 2.95. The second-order valence-electron chi connectivity index (χ2n) is 4.50. The van der Waals surface area contributed by atoms with Crippen molar-refractivity contribution in [2.24, 2.45) is 5.10 Å². The van der Waals surface area contributed by atoms with Crippen LogP contribution in [0.25, 0.3) is 0 Å². The van der Waals surface area contributed by atoms with Crippen LogP contribution >= 0.6 is 23.8 Å². The second-order valence-corrected chi connectivity index (χ2v) is 5.24. The van der Waals surface area contributed by atoms with Gasteiger partial charge >= 0.3 is 0 Å². The van der Waals surface area contributed by atoms with Gasteiger partial charge < -0.3 is 0 Å². The quantitative estimate of drug-likeness (QED) is 0.681. The number of halogens is 1. The molecule has 0 atom stereocenters. The van der Waals surface area contributed by atoms with Crippen molar-refractivity contribution in [1.29, 1.82) is 0 Å². The fraction of sp³-hybridized carbons (Fsp3) is 0.500. The van der Waals surface area contributed by atoms with Gasteiger partial charge in [-0.15, -0.1) is 0 Å². The van der Waals surface area contributed by atoms with Crippen LogP contribution in [-0.2, 0) is 6.54 Å². The van der Waals surface area contributed by atoms with E-state index in [1.807, 2.05) is 18.5 Å². The molecule has 108 valence electrons. The lowest BCUT2D eigenvalue weighted by molar-refractivity contribution is 0.569. The van der Waals surface area contributed by atoms with Crippen molar-refractivity contribution in [2.45, 2.75) is 40.2 Å². The summed E-state index contributed by atoms with van der Waals surface area (Å²) >= 11 is 11.4. The maximum Gasteiger partial charge on any atom is 0.216 e. The molecule has 0 saturated heterocycles. The lowest BCUT2D eigenvalue weighted by Gasteiger charge is -2.00. The van der Waals surface area contributed by atoms with Crippen LogP contribution in [0, 0.1) is 18.6 Å². The Kier molecular flexibility index (Phi) is 4.72. The van der Waals surface area contributed by atoms with Crippen LogP contribution in [0.2, 0.25) is 5.15 Å². The van der Waals surface area contributed by atoms with Gasteiger partial charge in [-0.05, 0) is 32.5 Å². The van der Waals surface area contributed by atoms with E-state index in [2.05, 4.69) is 27.3 Å². The van der Waals surface area contributed by atoms with Gasteiger partial charge in [0.1, 0.15) is 11.0 Å². The average Bonchev–Trinajstić information content (AvgIpc) is 2.87. The summed E-state index contributed by atoms with van der Waals surface area (Å²) in [4.78, 5) is 0. The predicted molar refractivity (Wildman–Crippen MR) is 82.0 cm³/mol. The molecular formula is C12H17ClN6S. The molecule has 1 N–H and O–H groups in total. The zero-order chi connectivity index (χ0) is 14.7. The van der Waals surface area contributed by atoms with Gasteiger partial charge in [0.25, 0.3) is 0 Å². The molecule has 6 nitrogen and oxygen atoms in total. The first kappa shape index (κ1) is 14.9. The van der Waals surface area contributed by atoms with E-state index in [9.17, 15) is 0 Å². The fourth-order valence-electron chi connectivity index (χ4n) is 1.79. The molecule has 0 unspecified atom stereocenters. The summed E-state index contributed by atoms with van der Waals surface area (Å²) < 4.78 is 3.81. The monoisotopic (exact) mass is 312 g/mol. The van der Waals surface area contributed by atoms with Gasteiger partial charge in [0.15, 0.2) is 0 Å². The maximum absolute atomic E-state index is 6.34. The van der Waals surface area contributed by atoms with Gasteiger partial charge in [-0.2, -0.15) is 20.0 Å². The first-order chi connectivity index (χ1) is 9.54. The SMILES string of the molecule is CCCCn1nc(C)c(/C=N\n2c(C)n[nH]c2=S)c1Cl. The zero-order valence-corrected chi connectivity index (χ0v) is 13.3. The molecule has 8 heteroatoms. The molecule has 0 amide bonds. The molecule has 0 aromatic carbocycles. The number of hydrogen-bond acceptors (Lipinski definition) is 4. The van der Waals surface area contributed by atoms with Crippen molar-refractivity contribution >= 4 is 30.0 Å². The minimum atomic E-state index is 0.450. The Labute approximate surface area is 127 Å². The Bertz CT molecular complexity index is 681. The number of aromatic nitrogens is 5. The highest BCUT2D eigenvalue weighted by molar-refractivity contribution is 7.71. The predicted octanol–water partition coefficient (Wildman–Crippen LogP) is 3.09. The summed E-state index contributed by atoms with van der Waals surface area (Å²) in [6, 6.07) is 0. The average molecular weight is 313 g/mol. The maximum atomic E-state index is 6.34. The molecule has 2 aromatic rings. The minimum Gasteiger partial charge on any atom is -0.253 e. The number of rotatable bonds is 5. The molecule has 0 aliphatic carbocycles. The fourth-order valence-corrected chi connectivity index (χ4v) is 2.32. The molecule has 0 spiro atoms. The number of unbranched alkanes of at least 4 members (excludes halogenated alkanes) is 1. The van der Waals surface area contributed by atoms with Gasteiger partial charge in [-0.25, -0.2) is 0 Å². The molecule has 2 aromatic heterocycles. The standard InChI is InChI=1S/C12H17ClN6S/c1-4-5-6-18-11(13)10(8(2)17-18)7-14-19-9(3)15-16-12(19)20/h7H,4-6H2,1-3H3,(H,16,20)/b14-7-. The number of aryl methyl sites for hydroxylation is 3. The van der Waals surface area contributed by atoms with Crippen molar-refractivity contribution < 1.29 is 0 Å². The summed E-state index contributed by atoms with van der Waals surface area (Å²) in [5.74, 6) is 0.693. The van der Waals surface area contributed by atoms with Crippen molar-refractivity contribution in [1.82, 2.24) is 24.7 Å². The summed E-state index contributed by atoms with van der Waals surface area (Å²) in [5, 5.41) is 16.0. The number of H-pyrrole nitrogens is 1. The molecule has 2 rings (SSSR count). The molecular weight excluding hydrogens is 296 g/mol. The topological polar surface area (TPSA) is 63.8 Å². The molecule has 0 saturated carbocycles. The van der Waals surface area contributed by atoms with Crippen LogP contribution in [0.15, 0.2) is 5.10 Å². The Balaban J connectivity index is 2.30. The zero-order valence-electron chi connectivity index (χ0n) is 11.7. The summed E-state index contributed by atoms with van der Waals surface area (Å²) in [6.07, 6.45) is 3.82. The van der Waals surface area contributed by atoms with E-state index in [0.29, 0.717) is 15.7 Å². The first-order valence-electron chi connectivity index (χ1n) is 6.45. The highest BCUT2D eigenvalue weighted by Crippen LogP contribution is 2.18. The van der Waals surface area contributed by atoms with Crippen LogP contribution in [0.4, 0.5) is 0 Å². The highest BCUT2D eigenvalue weighted by atomic mass is 35.5. The smallest absolute Gasteiger partial charge is 0.216 e. The van der Waals surface area contributed by atoms with E-state index in [4.69, 9.17) is 23.8 Å². The van der Waals surface area contributed by atoms with Crippen molar-refractivity contribution in [3.8, 4) is 0 Å². The van der Waals surface area contributed by atoms with Crippen LogP contribution in [0.1, 0.15) is 36.8 Å². The largest absolute Gasteiger partial charge is 0.253 e. The molecule has 0 aliphatic heterocycles. The number of aromatic amines is 1. The minimum absolute atomic E-state index is 0.450. The van der Waals surface area contributed by atoms with Crippen molar-refractivity contribution in [3.05, 3.63) is 27.0 Å². The van der Waals surface area contributed by atoms with Crippen molar-refractivity contribution in [2.75, 3.05) is 0 Å². The van der Waals surface area contributed by atoms with Crippen LogP contribution in [0.5, 0.6) is 0 Å². The first-order valence-corrected chi connectivity index (χ1v) is 7.24. The Morgan fingerprint density at radius 3 is 2.80 bits per heavy atom. The van der Waals surface area contributed by atoms with Gasteiger partial charge in [0.2, 0.25) is 4.77 Å². The third-order valence-corrected chi connectivity index (χ3v) is 3.61. The molecule has 0 fully saturated rings. The number of hydrogen-bond donors (Lipinski definition) is 1. The van der Waals surface area contributed by atoms with E-state index in [1.165, 1.54) is 0 Å². The Morgan fingerprint density at radius 1 is 1.45 bits per heavy atom. The number of nitrogens with one attached hydrogen (secondary N) is 1. The molecule has 2 heterocycles. The Hall–Kier alpha value is -1.47. The van der Waals surface area contributed by atoms with E-state index >= 15 is 0 Å². The van der Waals surface area contributed by atoms with E-state index in [-0.39, 0.29) is 0 Å². The third kappa shape index (κ3) is 2.99. The second kappa shape index (κ2) is 6.32. The lowest BCUT2D eigenvalue weighted by Crippen LogP contribution is -2.00. The van der Waals surface area contributed by atoms with Gasteiger partial charge in [0.05, 0.1) is 17.5 Å². The van der Waals surface area contributed by atoms with Crippen LogP contribution < -0.4 is 0 Å². The number of nitrogens with zero attached hydrogens (tertiary/aromatic N) is 5. The van der Waals surface area contributed by atoms with Crippen LogP contribution in [0.3, 0.4) is 0 Å². The van der Waals surface area contributed by atoms with Crippen LogP contribution in [-0.4, -0.2) is 30.9 Å². The van der Waals surface area contributed by atoms with E-state index in [0.717, 1.165) is 30.6 Å². The molecule has 0 radical (unpaired) electrons. The van der Waals surface area contributed by atoms with Gasteiger partial charge in [-0.3, -0.25) is 9.78 Å². The molecule has 0 bridgehead atoms. The van der Waals surface area contributed by atoms with E-state index in [1.54, 1.807) is 10.9 Å². The van der Waals surface area contributed by atoms with Gasteiger partial charge in [0, 0.05) is 6.54 Å². The summed E-state index contributed by atoms with van der Waals surface area (Å²) in [6.45, 7) is 6.68. The van der Waals surface area contributed by atoms with Crippen molar-refractivity contribution in [3.63, 3.8) is 0 Å². The highest BCUT2D eigenvalue weighted by Gasteiger charge is 2.11. The van der Waals surface area contributed by atoms with E-state index < -0.39 is 0 Å². The Morgan fingerprint density at radius 2 is 2.20 bits per heavy atom. The summed E-state index contributed by atoms with van der Waals surface area (Å²) in [5.41, 5.74) is 1.66. The molecule has 20 heavy (non-hydrogen) atoms. The molecule has 0 aliphatic rings.